The van der Waals surface area contributed by atoms with Crippen molar-refractivity contribution in [3.63, 3.8) is 0 Å². The highest BCUT2D eigenvalue weighted by atomic mass is 16.4. The molecule has 2 rings (SSSR count). The summed E-state index contributed by atoms with van der Waals surface area (Å²) < 4.78 is 0. The van der Waals surface area contributed by atoms with Crippen LogP contribution in [0.5, 0.6) is 0 Å². The summed E-state index contributed by atoms with van der Waals surface area (Å²) in [7, 11) is 0. The fraction of sp³-hybridized carbons (Fsp3) is 0.550. The summed E-state index contributed by atoms with van der Waals surface area (Å²) in [5, 5.41) is 12.1. The summed E-state index contributed by atoms with van der Waals surface area (Å²) in [5.41, 5.74) is 1.07. The van der Waals surface area contributed by atoms with Crippen LogP contribution in [0.15, 0.2) is 24.3 Å². The third-order valence-corrected chi connectivity index (χ3v) is 4.84. The van der Waals surface area contributed by atoms with Gasteiger partial charge in [0.2, 0.25) is 5.91 Å². The first kappa shape index (κ1) is 19.9. The van der Waals surface area contributed by atoms with Gasteiger partial charge in [0, 0.05) is 30.6 Å². The quantitative estimate of drug-likeness (QED) is 0.864. The molecule has 1 aliphatic heterocycles. The zero-order valence-corrected chi connectivity index (χ0v) is 15.9. The van der Waals surface area contributed by atoms with E-state index in [0.717, 1.165) is 5.56 Å². The highest BCUT2D eigenvalue weighted by molar-refractivity contribution is 5.94. The molecule has 142 valence electrons. The number of hydrogen-bond donors (Lipinski definition) is 2. The summed E-state index contributed by atoms with van der Waals surface area (Å²) in [6.07, 6.45) is 0.485. The Morgan fingerprint density at radius 1 is 1.19 bits per heavy atom. The first-order valence-electron chi connectivity index (χ1n) is 8.99. The van der Waals surface area contributed by atoms with Gasteiger partial charge in [0.1, 0.15) is 0 Å². The second-order valence-electron chi connectivity index (χ2n) is 8.09. The SMILES string of the molecule is CC1CN(C(=O)c2ccc(CNC(=O)C(C)(C)C)cc2)CCC1C(=O)O. The van der Waals surface area contributed by atoms with Crippen molar-refractivity contribution < 1.29 is 19.5 Å². The molecule has 0 saturated carbocycles. The third kappa shape index (κ3) is 4.84. The number of rotatable bonds is 4. The van der Waals surface area contributed by atoms with Crippen molar-refractivity contribution in [2.75, 3.05) is 13.1 Å². The van der Waals surface area contributed by atoms with Crippen LogP contribution in [0.4, 0.5) is 0 Å². The zero-order chi connectivity index (χ0) is 19.5. The van der Waals surface area contributed by atoms with Gasteiger partial charge >= 0.3 is 5.97 Å². The van der Waals surface area contributed by atoms with Crippen LogP contribution in [0.25, 0.3) is 0 Å². The summed E-state index contributed by atoms with van der Waals surface area (Å²) >= 11 is 0. The van der Waals surface area contributed by atoms with Crippen molar-refractivity contribution in [2.24, 2.45) is 17.3 Å². The lowest BCUT2D eigenvalue weighted by Gasteiger charge is -2.35. The van der Waals surface area contributed by atoms with Gasteiger partial charge in [0.05, 0.1) is 5.92 Å². The first-order chi connectivity index (χ1) is 12.1. The van der Waals surface area contributed by atoms with Gasteiger partial charge in [-0.3, -0.25) is 14.4 Å². The number of benzene rings is 1. The van der Waals surface area contributed by atoms with Crippen molar-refractivity contribution >= 4 is 17.8 Å². The van der Waals surface area contributed by atoms with E-state index in [1.54, 1.807) is 17.0 Å². The fourth-order valence-corrected chi connectivity index (χ4v) is 3.09. The Hall–Kier alpha value is -2.37. The molecular formula is C20H28N2O4. The van der Waals surface area contributed by atoms with Crippen molar-refractivity contribution in [3.8, 4) is 0 Å². The third-order valence-electron chi connectivity index (χ3n) is 4.84. The van der Waals surface area contributed by atoms with Crippen LogP contribution in [-0.2, 0) is 16.1 Å². The topological polar surface area (TPSA) is 86.7 Å². The Balaban J connectivity index is 1.95. The average Bonchev–Trinajstić information content (AvgIpc) is 2.58. The average molecular weight is 360 g/mol. The standard InChI is InChI=1S/C20H28N2O4/c1-13-12-22(10-9-16(13)18(24)25)17(23)15-7-5-14(6-8-15)11-21-19(26)20(2,3)4/h5-8,13,16H,9-12H2,1-4H3,(H,21,26)(H,24,25). The number of carboxylic acid groups (broad SMARTS) is 1. The van der Waals surface area contributed by atoms with Crippen LogP contribution >= 0.6 is 0 Å². The van der Waals surface area contributed by atoms with Gasteiger partial charge in [0.15, 0.2) is 0 Å². The number of piperidine rings is 1. The van der Waals surface area contributed by atoms with Crippen molar-refractivity contribution in [3.05, 3.63) is 35.4 Å². The van der Waals surface area contributed by atoms with E-state index in [-0.39, 0.29) is 23.7 Å². The molecule has 2 N–H and O–H groups in total. The second-order valence-corrected chi connectivity index (χ2v) is 8.09. The van der Waals surface area contributed by atoms with E-state index in [1.165, 1.54) is 0 Å². The fourth-order valence-electron chi connectivity index (χ4n) is 3.09. The normalized spacial score (nSPS) is 20.5. The van der Waals surface area contributed by atoms with Gasteiger partial charge in [-0.2, -0.15) is 0 Å². The Morgan fingerprint density at radius 3 is 2.31 bits per heavy atom. The number of nitrogens with one attached hydrogen (secondary N) is 1. The molecule has 26 heavy (non-hydrogen) atoms. The molecule has 6 nitrogen and oxygen atoms in total. The largest absolute Gasteiger partial charge is 0.481 e. The van der Waals surface area contributed by atoms with E-state index in [4.69, 9.17) is 0 Å². The van der Waals surface area contributed by atoms with Crippen LogP contribution in [0, 0.1) is 17.3 Å². The van der Waals surface area contributed by atoms with E-state index in [1.807, 2.05) is 39.8 Å². The molecule has 2 amide bonds. The number of amides is 2. The molecule has 1 heterocycles. The minimum atomic E-state index is -0.786. The maximum atomic E-state index is 12.6. The first-order valence-corrected chi connectivity index (χ1v) is 8.99. The van der Waals surface area contributed by atoms with E-state index >= 15 is 0 Å². The van der Waals surface area contributed by atoms with Crippen LogP contribution in [0.1, 0.15) is 50.0 Å². The van der Waals surface area contributed by atoms with E-state index in [9.17, 15) is 19.5 Å². The molecule has 0 aliphatic carbocycles. The number of likely N-dealkylation sites (tertiary alicyclic amines) is 1. The lowest BCUT2D eigenvalue weighted by Crippen LogP contribution is -2.45. The second kappa shape index (κ2) is 7.89. The minimum absolute atomic E-state index is 0.0204. The maximum absolute atomic E-state index is 12.6. The van der Waals surface area contributed by atoms with Crippen LogP contribution in [-0.4, -0.2) is 40.9 Å². The van der Waals surface area contributed by atoms with Crippen LogP contribution < -0.4 is 5.32 Å². The zero-order valence-electron chi connectivity index (χ0n) is 15.9. The Labute approximate surface area is 154 Å². The molecule has 0 radical (unpaired) electrons. The number of carbonyl (C=O) groups is 3. The number of hydrogen-bond acceptors (Lipinski definition) is 3. The van der Waals surface area contributed by atoms with E-state index < -0.39 is 11.4 Å². The summed E-state index contributed by atoms with van der Waals surface area (Å²) in [5.74, 6) is -1.32. The van der Waals surface area contributed by atoms with E-state index in [0.29, 0.717) is 31.6 Å². The Bertz CT molecular complexity index is 676. The lowest BCUT2D eigenvalue weighted by atomic mass is 9.87. The Morgan fingerprint density at radius 2 is 1.81 bits per heavy atom. The molecule has 2 unspecified atom stereocenters. The molecule has 1 aromatic carbocycles. The molecule has 1 aromatic rings. The van der Waals surface area contributed by atoms with Gasteiger partial charge in [-0.1, -0.05) is 39.8 Å². The predicted octanol–water partition coefficient (Wildman–Crippen LogP) is 2.53. The molecule has 1 fully saturated rings. The number of carbonyl (C=O) groups excluding carboxylic acids is 2. The molecular weight excluding hydrogens is 332 g/mol. The molecule has 1 aliphatic rings. The van der Waals surface area contributed by atoms with Gasteiger partial charge in [-0.05, 0) is 30.0 Å². The number of nitrogens with zero attached hydrogens (tertiary/aromatic N) is 1. The minimum Gasteiger partial charge on any atom is -0.481 e. The summed E-state index contributed by atoms with van der Waals surface area (Å²) in [4.78, 5) is 37.5. The highest BCUT2D eigenvalue weighted by Crippen LogP contribution is 2.24. The smallest absolute Gasteiger partial charge is 0.306 e. The molecule has 0 aromatic heterocycles. The predicted molar refractivity (Wildman–Crippen MR) is 98.6 cm³/mol. The van der Waals surface area contributed by atoms with Gasteiger partial charge in [-0.15, -0.1) is 0 Å². The van der Waals surface area contributed by atoms with Crippen molar-refractivity contribution in [1.82, 2.24) is 10.2 Å². The van der Waals surface area contributed by atoms with Gasteiger partial charge in [0.25, 0.3) is 5.91 Å². The van der Waals surface area contributed by atoms with Gasteiger partial charge in [-0.25, -0.2) is 0 Å². The summed E-state index contributed by atoms with van der Waals surface area (Å²) in [6, 6.07) is 7.19. The number of aliphatic carboxylic acids is 1. The molecule has 0 bridgehead atoms. The summed E-state index contributed by atoms with van der Waals surface area (Å²) in [6.45, 7) is 8.80. The van der Waals surface area contributed by atoms with Gasteiger partial charge < -0.3 is 15.3 Å². The van der Waals surface area contributed by atoms with E-state index in [2.05, 4.69) is 5.32 Å². The lowest BCUT2D eigenvalue weighted by molar-refractivity contribution is -0.145. The molecule has 1 saturated heterocycles. The molecule has 6 heteroatoms. The van der Waals surface area contributed by atoms with Crippen molar-refractivity contribution in [2.45, 2.75) is 40.7 Å². The highest BCUT2D eigenvalue weighted by Gasteiger charge is 2.33. The molecule has 0 spiro atoms. The monoisotopic (exact) mass is 360 g/mol. The van der Waals surface area contributed by atoms with Crippen molar-refractivity contribution in [1.29, 1.82) is 0 Å². The maximum Gasteiger partial charge on any atom is 0.306 e. The molecule has 2 atom stereocenters. The Kier molecular flexibility index (Phi) is 6.05. The van der Waals surface area contributed by atoms with Crippen LogP contribution in [0.3, 0.4) is 0 Å². The van der Waals surface area contributed by atoms with Crippen LogP contribution in [0.2, 0.25) is 0 Å². The number of carboxylic acids is 1.